The van der Waals surface area contributed by atoms with Crippen LogP contribution in [0, 0.1) is 6.61 Å². The highest BCUT2D eigenvalue weighted by molar-refractivity contribution is 5.79. The third kappa shape index (κ3) is 8.38. The lowest BCUT2D eigenvalue weighted by atomic mass is 10.1. The molecule has 0 heterocycles. The SMILES string of the molecule is CCCCCCCCO[CH]C(=O)Oc1ccccc1. The molecule has 19 heavy (non-hydrogen) atoms. The Labute approximate surface area is 115 Å². The van der Waals surface area contributed by atoms with Crippen molar-refractivity contribution in [1.29, 1.82) is 0 Å². The smallest absolute Gasteiger partial charge is 0.344 e. The molecular weight excluding hydrogens is 240 g/mol. The Hall–Kier alpha value is -1.35. The highest BCUT2D eigenvalue weighted by Crippen LogP contribution is 2.09. The van der Waals surface area contributed by atoms with Crippen molar-refractivity contribution in [1.82, 2.24) is 0 Å². The van der Waals surface area contributed by atoms with Crippen LogP contribution in [0.3, 0.4) is 0 Å². The van der Waals surface area contributed by atoms with Gasteiger partial charge in [-0.1, -0.05) is 57.2 Å². The highest BCUT2D eigenvalue weighted by Gasteiger charge is 2.05. The van der Waals surface area contributed by atoms with E-state index >= 15 is 0 Å². The van der Waals surface area contributed by atoms with E-state index in [9.17, 15) is 4.79 Å². The van der Waals surface area contributed by atoms with Gasteiger partial charge in [0.2, 0.25) is 0 Å². The predicted molar refractivity (Wildman–Crippen MR) is 75.7 cm³/mol. The summed E-state index contributed by atoms with van der Waals surface area (Å²) in [5.41, 5.74) is 0. The van der Waals surface area contributed by atoms with E-state index in [1.54, 1.807) is 12.1 Å². The van der Waals surface area contributed by atoms with Crippen molar-refractivity contribution in [3.8, 4) is 5.75 Å². The molecule has 3 nitrogen and oxygen atoms in total. The molecule has 1 rings (SSSR count). The zero-order valence-electron chi connectivity index (χ0n) is 11.6. The Morgan fingerprint density at radius 1 is 1.05 bits per heavy atom. The summed E-state index contributed by atoms with van der Waals surface area (Å²) in [6, 6.07) is 8.98. The van der Waals surface area contributed by atoms with E-state index in [0.717, 1.165) is 19.4 Å². The molecule has 0 atom stereocenters. The van der Waals surface area contributed by atoms with Crippen LogP contribution in [-0.2, 0) is 9.53 Å². The first-order chi connectivity index (χ1) is 9.33. The second-order valence-electron chi connectivity index (χ2n) is 4.49. The molecule has 0 unspecified atom stereocenters. The fourth-order valence-electron chi connectivity index (χ4n) is 1.72. The minimum atomic E-state index is -0.461. The largest absolute Gasteiger partial charge is 0.425 e. The van der Waals surface area contributed by atoms with Gasteiger partial charge in [0.05, 0.1) is 0 Å². The lowest BCUT2D eigenvalue weighted by molar-refractivity contribution is -0.134. The Morgan fingerprint density at radius 3 is 2.47 bits per heavy atom. The number of rotatable bonds is 10. The number of para-hydroxylation sites is 1. The molecule has 1 radical (unpaired) electrons. The Kier molecular flexibility index (Phi) is 8.73. The molecule has 0 N–H and O–H groups in total. The third-order valence-electron chi connectivity index (χ3n) is 2.76. The van der Waals surface area contributed by atoms with Crippen molar-refractivity contribution in [2.24, 2.45) is 0 Å². The summed E-state index contributed by atoms with van der Waals surface area (Å²) in [4.78, 5) is 11.4. The zero-order valence-corrected chi connectivity index (χ0v) is 11.6. The van der Waals surface area contributed by atoms with Crippen molar-refractivity contribution >= 4 is 5.97 Å². The molecular formula is C16H23O3. The maximum atomic E-state index is 11.4. The van der Waals surface area contributed by atoms with Crippen LogP contribution < -0.4 is 4.74 Å². The van der Waals surface area contributed by atoms with Crippen LogP contribution in [0.25, 0.3) is 0 Å². The van der Waals surface area contributed by atoms with Gasteiger partial charge in [-0.3, -0.25) is 0 Å². The van der Waals surface area contributed by atoms with E-state index in [4.69, 9.17) is 9.47 Å². The summed E-state index contributed by atoms with van der Waals surface area (Å²) >= 11 is 0. The quantitative estimate of drug-likeness (QED) is 0.362. The molecule has 0 fully saturated rings. The second kappa shape index (κ2) is 10.6. The van der Waals surface area contributed by atoms with Crippen LogP contribution >= 0.6 is 0 Å². The topological polar surface area (TPSA) is 35.5 Å². The summed E-state index contributed by atoms with van der Waals surface area (Å²) in [6.07, 6.45) is 7.23. The number of hydrogen-bond acceptors (Lipinski definition) is 3. The van der Waals surface area contributed by atoms with Gasteiger partial charge < -0.3 is 9.47 Å². The molecule has 0 saturated carbocycles. The molecule has 0 spiro atoms. The maximum Gasteiger partial charge on any atom is 0.344 e. The minimum Gasteiger partial charge on any atom is -0.425 e. The van der Waals surface area contributed by atoms with Gasteiger partial charge in [0.1, 0.15) is 5.75 Å². The molecule has 0 aliphatic heterocycles. The van der Waals surface area contributed by atoms with Crippen LogP contribution in [0.1, 0.15) is 45.4 Å². The first-order valence-electron chi connectivity index (χ1n) is 7.04. The van der Waals surface area contributed by atoms with Crippen LogP contribution in [-0.4, -0.2) is 12.6 Å². The molecule has 105 valence electrons. The van der Waals surface area contributed by atoms with Crippen molar-refractivity contribution in [3.05, 3.63) is 36.9 Å². The van der Waals surface area contributed by atoms with Crippen molar-refractivity contribution in [3.63, 3.8) is 0 Å². The Bertz CT molecular complexity index is 335. The molecule has 0 saturated heterocycles. The van der Waals surface area contributed by atoms with E-state index in [1.807, 2.05) is 18.2 Å². The summed E-state index contributed by atoms with van der Waals surface area (Å²) in [5, 5.41) is 0. The molecule has 0 amide bonds. The van der Waals surface area contributed by atoms with Crippen LogP contribution in [0.2, 0.25) is 0 Å². The fraction of sp³-hybridized carbons (Fsp3) is 0.500. The van der Waals surface area contributed by atoms with Crippen LogP contribution in [0.15, 0.2) is 30.3 Å². The first kappa shape index (κ1) is 15.7. The summed E-state index contributed by atoms with van der Waals surface area (Å²) in [6.45, 7) is 3.94. The summed E-state index contributed by atoms with van der Waals surface area (Å²) in [5.74, 6) is 0.0732. The monoisotopic (exact) mass is 263 g/mol. The third-order valence-corrected chi connectivity index (χ3v) is 2.76. The molecule has 0 aliphatic carbocycles. The Morgan fingerprint density at radius 2 is 1.74 bits per heavy atom. The normalized spacial score (nSPS) is 10.4. The average Bonchev–Trinajstić information content (AvgIpc) is 2.43. The number of benzene rings is 1. The van der Waals surface area contributed by atoms with Crippen molar-refractivity contribution in [2.45, 2.75) is 45.4 Å². The molecule has 0 aliphatic rings. The van der Waals surface area contributed by atoms with Crippen LogP contribution in [0.4, 0.5) is 0 Å². The van der Waals surface area contributed by atoms with E-state index in [2.05, 4.69) is 6.92 Å². The first-order valence-corrected chi connectivity index (χ1v) is 7.04. The average molecular weight is 263 g/mol. The van der Waals surface area contributed by atoms with Gasteiger partial charge in [0.15, 0.2) is 6.61 Å². The Balaban J connectivity index is 1.96. The lowest BCUT2D eigenvalue weighted by Crippen LogP contribution is -2.10. The number of carbonyl (C=O) groups excluding carboxylic acids is 1. The molecule has 1 aromatic rings. The lowest BCUT2D eigenvalue weighted by Gasteiger charge is -2.04. The van der Waals surface area contributed by atoms with E-state index in [-0.39, 0.29) is 0 Å². The maximum absolute atomic E-state index is 11.4. The summed E-state index contributed by atoms with van der Waals surface area (Å²) in [7, 11) is 0. The predicted octanol–water partition coefficient (Wildman–Crippen LogP) is 4.13. The fourth-order valence-corrected chi connectivity index (χ4v) is 1.72. The number of carbonyl (C=O) groups is 1. The molecule has 1 aromatic carbocycles. The van der Waals surface area contributed by atoms with Gasteiger partial charge in [-0.25, -0.2) is 4.79 Å². The number of ether oxygens (including phenoxy) is 2. The zero-order chi connectivity index (χ0) is 13.8. The highest BCUT2D eigenvalue weighted by atomic mass is 16.6. The van der Waals surface area contributed by atoms with Gasteiger partial charge in [0.25, 0.3) is 0 Å². The number of esters is 1. The van der Waals surface area contributed by atoms with Gasteiger partial charge in [-0.05, 0) is 18.6 Å². The molecule has 0 bridgehead atoms. The van der Waals surface area contributed by atoms with Crippen molar-refractivity contribution in [2.75, 3.05) is 6.61 Å². The molecule has 0 aromatic heterocycles. The van der Waals surface area contributed by atoms with E-state index in [1.165, 1.54) is 25.7 Å². The summed E-state index contributed by atoms with van der Waals surface area (Å²) < 4.78 is 10.2. The number of unbranched alkanes of at least 4 members (excludes halogenated alkanes) is 5. The van der Waals surface area contributed by atoms with Gasteiger partial charge in [-0.15, -0.1) is 0 Å². The van der Waals surface area contributed by atoms with E-state index in [0.29, 0.717) is 12.4 Å². The van der Waals surface area contributed by atoms with Gasteiger partial charge in [-0.2, -0.15) is 0 Å². The standard InChI is InChI=1S/C16H23O3/c1-2-3-4-5-6-10-13-18-14-16(17)19-15-11-8-7-9-12-15/h7-9,11-12,14H,2-6,10,13H2,1H3. The van der Waals surface area contributed by atoms with Crippen LogP contribution in [0.5, 0.6) is 5.75 Å². The second-order valence-corrected chi connectivity index (χ2v) is 4.49. The van der Waals surface area contributed by atoms with Gasteiger partial charge >= 0.3 is 5.97 Å². The number of hydrogen-bond donors (Lipinski definition) is 0. The van der Waals surface area contributed by atoms with E-state index < -0.39 is 5.97 Å². The van der Waals surface area contributed by atoms with Gasteiger partial charge in [0, 0.05) is 6.61 Å². The molecule has 3 heteroatoms. The minimum absolute atomic E-state index is 0.461. The van der Waals surface area contributed by atoms with Crippen molar-refractivity contribution < 1.29 is 14.3 Å².